The largest absolute Gasteiger partial charge is 1.00 e. The van der Waals surface area contributed by atoms with Gasteiger partial charge in [0.05, 0.1) is 5.97 Å². The standard InChI is InChI=1S/C23H43NO5.C5H9NO4.Na/c1-2-3-4-5-6-7-8-9-10-11-12-13-14-15-16-17-21(25)29-22(26)19-18-20(24)23(27)28;6-3(5(9)10)1-2-4(7)8;/h20H,2-19,24H2,1H3,(H,27,28);3H,1-2,6H2,(H,7,8)(H,9,10);/q;;+1/p-1/t20-;3-;/m00./s1. The Kier molecular flexibility index (Phi) is 32.7. The Labute approximate surface area is 261 Å². The first-order valence-corrected chi connectivity index (χ1v) is 14.4. The van der Waals surface area contributed by atoms with Crippen molar-refractivity contribution >= 4 is 29.8 Å². The number of rotatable bonds is 24. The van der Waals surface area contributed by atoms with Crippen LogP contribution in [0.15, 0.2) is 0 Å². The molecule has 0 fully saturated rings. The summed E-state index contributed by atoms with van der Waals surface area (Å²) >= 11 is 0. The molecule has 0 aromatic rings. The molecule has 6 N–H and O–H groups in total. The maximum absolute atomic E-state index is 11.6. The molecule has 0 aliphatic rings. The fourth-order valence-electron chi connectivity index (χ4n) is 3.66. The van der Waals surface area contributed by atoms with Gasteiger partial charge in [-0.3, -0.25) is 19.2 Å². The predicted molar refractivity (Wildman–Crippen MR) is 145 cm³/mol. The molecule has 0 rings (SSSR count). The number of esters is 2. The topological polar surface area (TPSA) is 210 Å². The van der Waals surface area contributed by atoms with E-state index in [1.54, 1.807) is 0 Å². The van der Waals surface area contributed by atoms with Crippen LogP contribution in [-0.2, 0) is 28.7 Å². The van der Waals surface area contributed by atoms with E-state index in [0.29, 0.717) is 6.42 Å². The first kappa shape index (κ1) is 42.9. The van der Waals surface area contributed by atoms with Crippen molar-refractivity contribution in [2.45, 2.75) is 147 Å². The summed E-state index contributed by atoms with van der Waals surface area (Å²) in [7, 11) is 0. The maximum Gasteiger partial charge on any atom is 1.00 e. The Balaban J connectivity index is -0.00000105. The van der Waals surface area contributed by atoms with E-state index in [4.69, 9.17) is 21.7 Å². The maximum atomic E-state index is 11.6. The molecule has 0 aliphatic heterocycles. The zero-order valence-electron chi connectivity index (χ0n) is 24.7. The van der Waals surface area contributed by atoms with Crippen LogP contribution in [0.3, 0.4) is 0 Å². The van der Waals surface area contributed by atoms with Crippen LogP contribution in [0.1, 0.15) is 135 Å². The SMILES string of the molecule is CCCCCCCCCCCCCCCCCC(=O)OC(=O)CC[C@H](N)C(=O)[O-].N[C@@H](CCC(=O)O)C(=O)O.[Na+]. The van der Waals surface area contributed by atoms with Crippen LogP contribution in [0.25, 0.3) is 0 Å². The van der Waals surface area contributed by atoms with Gasteiger partial charge in [0.1, 0.15) is 6.04 Å². The third-order valence-corrected chi connectivity index (χ3v) is 6.16. The normalized spacial score (nSPS) is 11.8. The average Bonchev–Trinajstić information content (AvgIpc) is 2.88. The molecule has 11 nitrogen and oxygen atoms in total. The van der Waals surface area contributed by atoms with Gasteiger partial charge in [0.25, 0.3) is 0 Å². The summed E-state index contributed by atoms with van der Waals surface area (Å²) in [6.45, 7) is 2.25. The van der Waals surface area contributed by atoms with Gasteiger partial charge in [-0.1, -0.05) is 96.8 Å². The fourth-order valence-corrected chi connectivity index (χ4v) is 3.66. The van der Waals surface area contributed by atoms with Crippen molar-refractivity contribution in [3.05, 3.63) is 0 Å². The van der Waals surface area contributed by atoms with E-state index in [0.717, 1.165) is 12.8 Å². The first-order chi connectivity index (χ1) is 18.5. The second-order valence-corrected chi connectivity index (χ2v) is 9.89. The number of carboxylic acid groups (broad SMARTS) is 3. The van der Waals surface area contributed by atoms with Crippen molar-refractivity contribution in [3.63, 3.8) is 0 Å². The molecular weight excluding hydrogens is 531 g/mol. The molecule has 0 aromatic carbocycles. The summed E-state index contributed by atoms with van der Waals surface area (Å²) in [6.07, 6.45) is 18.5. The van der Waals surface area contributed by atoms with Crippen LogP contribution in [-0.4, -0.2) is 52.1 Å². The van der Waals surface area contributed by atoms with Gasteiger partial charge >= 0.3 is 53.4 Å². The Morgan fingerprint density at radius 3 is 1.38 bits per heavy atom. The molecular formula is C28H51N2NaO9. The number of carbonyl (C=O) groups excluding carboxylic acids is 3. The molecule has 40 heavy (non-hydrogen) atoms. The second kappa shape index (κ2) is 30.4. The van der Waals surface area contributed by atoms with E-state index < -0.39 is 41.9 Å². The molecule has 0 saturated heterocycles. The van der Waals surface area contributed by atoms with Crippen LogP contribution in [0.4, 0.5) is 0 Å². The molecule has 0 radical (unpaired) electrons. The van der Waals surface area contributed by atoms with Gasteiger partial charge in [-0.2, -0.15) is 0 Å². The second-order valence-electron chi connectivity index (χ2n) is 9.89. The molecule has 0 amide bonds. The van der Waals surface area contributed by atoms with Gasteiger partial charge in [-0.05, 0) is 19.3 Å². The fraction of sp³-hybridized carbons (Fsp3) is 0.821. The Morgan fingerprint density at radius 1 is 0.625 bits per heavy atom. The molecule has 0 aromatic heterocycles. The summed E-state index contributed by atoms with van der Waals surface area (Å²) in [5, 5.41) is 26.7. The Hall–Kier alpha value is -1.53. The minimum absolute atomic E-state index is 0. The van der Waals surface area contributed by atoms with Crippen molar-refractivity contribution in [1.29, 1.82) is 0 Å². The van der Waals surface area contributed by atoms with Crippen molar-refractivity contribution in [2.75, 3.05) is 0 Å². The minimum Gasteiger partial charge on any atom is -0.548 e. The summed E-state index contributed by atoms with van der Waals surface area (Å²) < 4.78 is 4.65. The Bertz CT molecular complexity index is 693. The van der Waals surface area contributed by atoms with E-state index in [9.17, 15) is 29.1 Å². The average molecular weight is 583 g/mol. The third-order valence-electron chi connectivity index (χ3n) is 6.16. The van der Waals surface area contributed by atoms with Crippen molar-refractivity contribution in [2.24, 2.45) is 11.5 Å². The van der Waals surface area contributed by atoms with Crippen LogP contribution in [0, 0.1) is 0 Å². The van der Waals surface area contributed by atoms with E-state index in [1.807, 2.05) is 0 Å². The number of aliphatic carboxylic acids is 3. The van der Waals surface area contributed by atoms with E-state index in [-0.39, 0.29) is 61.7 Å². The number of unbranched alkanes of at least 4 members (excludes halogenated alkanes) is 14. The predicted octanol–water partition coefficient (Wildman–Crippen LogP) is 0.442. The van der Waals surface area contributed by atoms with Crippen molar-refractivity contribution < 1.29 is 73.6 Å². The zero-order valence-corrected chi connectivity index (χ0v) is 26.7. The van der Waals surface area contributed by atoms with Gasteiger partial charge in [-0.25, -0.2) is 0 Å². The zero-order chi connectivity index (χ0) is 29.9. The molecule has 0 spiro atoms. The summed E-state index contributed by atoms with van der Waals surface area (Å²) in [5.74, 6) is -4.89. The van der Waals surface area contributed by atoms with Crippen LogP contribution in [0.2, 0.25) is 0 Å². The molecule has 228 valence electrons. The number of hydrogen-bond acceptors (Lipinski definition) is 9. The molecule has 0 saturated carbocycles. The number of carbonyl (C=O) groups is 5. The van der Waals surface area contributed by atoms with Crippen molar-refractivity contribution in [3.8, 4) is 0 Å². The number of ether oxygens (including phenoxy) is 1. The quantitative estimate of drug-likeness (QED) is 0.0531. The van der Waals surface area contributed by atoms with Crippen molar-refractivity contribution in [1.82, 2.24) is 0 Å². The number of hydrogen-bond donors (Lipinski definition) is 4. The molecule has 0 aliphatic carbocycles. The molecule has 2 atom stereocenters. The van der Waals surface area contributed by atoms with Gasteiger partial charge in [0.2, 0.25) is 0 Å². The minimum atomic E-state index is -1.41. The first-order valence-electron chi connectivity index (χ1n) is 14.4. The molecule has 12 heteroatoms. The van der Waals surface area contributed by atoms with Gasteiger partial charge in [0, 0.05) is 25.3 Å². The van der Waals surface area contributed by atoms with E-state index >= 15 is 0 Å². The number of carboxylic acids is 3. The van der Waals surface area contributed by atoms with Crippen LogP contribution in [0.5, 0.6) is 0 Å². The number of nitrogens with two attached hydrogens (primary N) is 2. The molecule has 0 bridgehead atoms. The smallest absolute Gasteiger partial charge is 0.548 e. The van der Waals surface area contributed by atoms with Crippen LogP contribution < -0.4 is 46.1 Å². The van der Waals surface area contributed by atoms with Gasteiger partial charge < -0.3 is 36.3 Å². The molecule has 0 heterocycles. The summed E-state index contributed by atoms with van der Waals surface area (Å²) in [5.41, 5.74) is 10.2. The summed E-state index contributed by atoms with van der Waals surface area (Å²) in [4.78, 5) is 53.3. The van der Waals surface area contributed by atoms with Crippen LogP contribution >= 0.6 is 0 Å². The summed E-state index contributed by atoms with van der Waals surface area (Å²) in [6, 6.07) is -2.27. The van der Waals surface area contributed by atoms with Gasteiger partial charge in [0.15, 0.2) is 0 Å². The van der Waals surface area contributed by atoms with Gasteiger partial charge in [-0.15, -0.1) is 0 Å². The molecule has 0 unspecified atom stereocenters. The third kappa shape index (κ3) is 32.7. The monoisotopic (exact) mass is 582 g/mol. The van der Waals surface area contributed by atoms with E-state index in [1.165, 1.54) is 77.0 Å². The van der Waals surface area contributed by atoms with E-state index in [2.05, 4.69) is 11.7 Å². The Morgan fingerprint density at radius 2 is 1.00 bits per heavy atom.